The predicted molar refractivity (Wildman–Crippen MR) is 63.0 cm³/mol. The second-order valence-corrected chi connectivity index (χ2v) is 5.34. The smallest absolute Gasteiger partial charge is 0.00834 e. The van der Waals surface area contributed by atoms with Gasteiger partial charge in [0, 0.05) is 9.75 Å². The molecule has 0 fully saturated rings. The van der Waals surface area contributed by atoms with Gasteiger partial charge in [-0.05, 0) is 49.8 Å². The normalized spacial score (nSPS) is 21.7. The second-order valence-electron chi connectivity index (χ2n) is 4.12. The van der Waals surface area contributed by atoms with Gasteiger partial charge in [-0.2, -0.15) is 0 Å². The van der Waals surface area contributed by atoms with Crippen molar-refractivity contribution >= 4 is 11.3 Å². The average Bonchev–Trinajstić information content (AvgIpc) is 2.53. The van der Waals surface area contributed by atoms with Gasteiger partial charge in [-0.25, -0.2) is 0 Å². The highest BCUT2D eigenvalue weighted by Crippen LogP contribution is 2.35. The minimum absolute atomic E-state index is 0.643. The van der Waals surface area contributed by atoms with Crippen molar-refractivity contribution < 1.29 is 0 Å². The SMILES string of the molecule is CCc1cc2c(s1)CCCC[C@H]2CN. The van der Waals surface area contributed by atoms with Gasteiger partial charge in [0.25, 0.3) is 0 Å². The lowest BCUT2D eigenvalue weighted by atomic mass is 9.96. The molecule has 0 aliphatic heterocycles. The Hall–Kier alpha value is -0.340. The standard InChI is InChI=1S/C12H19NS/c1-2-10-7-11-9(8-13)5-3-4-6-12(11)14-10/h7,9H,2-6,8,13H2,1H3/t9-/m0/s1. The molecule has 2 rings (SSSR count). The Balaban J connectivity index is 2.32. The maximum Gasteiger partial charge on any atom is 0.00834 e. The fourth-order valence-corrected chi connectivity index (χ4v) is 3.53. The summed E-state index contributed by atoms with van der Waals surface area (Å²) in [5.41, 5.74) is 7.42. The minimum atomic E-state index is 0.643. The zero-order valence-electron chi connectivity index (χ0n) is 8.88. The van der Waals surface area contributed by atoms with Crippen molar-refractivity contribution in [1.29, 1.82) is 0 Å². The number of fused-ring (bicyclic) bond motifs is 1. The number of nitrogens with two attached hydrogens (primary N) is 1. The summed E-state index contributed by atoms with van der Waals surface area (Å²) >= 11 is 2.01. The van der Waals surface area contributed by atoms with E-state index in [9.17, 15) is 0 Å². The van der Waals surface area contributed by atoms with Crippen molar-refractivity contribution in [3.05, 3.63) is 21.4 Å². The zero-order chi connectivity index (χ0) is 9.97. The molecule has 0 saturated carbocycles. The van der Waals surface area contributed by atoms with Crippen LogP contribution in [0.3, 0.4) is 0 Å². The summed E-state index contributed by atoms with van der Waals surface area (Å²) < 4.78 is 0. The van der Waals surface area contributed by atoms with Crippen LogP contribution in [-0.4, -0.2) is 6.54 Å². The van der Waals surface area contributed by atoms with Gasteiger partial charge in [-0.1, -0.05) is 13.3 Å². The van der Waals surface area contributed by atoms with Crippen LogP contribution < -0.4 is 5.73 Å². The Morgan fingerprint density at radius 3 is 3.07 bits per heavy atom. The molecule has 78 valence electrons. The summed E-state index contributed by atoms with van der Waals surface area (Å²) in [5.74, 6) is 0.643. The van der Waals surface area contributed by atoms with E-state index in [1.807, 2.05) is 11.3 Å². The topological polar surface area (TPSA) is 26.0 Å². The van der Waals surface area contributed by atoms with Crippen molar-refractivity contribution in [3.8, 4) is 0 Å². The molecule has 2 heteroatoms. The molecule has 1 aliphatic carbocycles. The molecule has 0 aromatic carbocycles. The minimum Gasteiger partial charge on any atom is -0.330 e. The van der Waals surface area contributed by atoms with E-state index in [-0.39, 0.29) is 0 Å². The lowest BCUT2D eigenvalue weighted by Gasteiger charge is -2.11. The average molecular weight is 209 g/mol. The summed E-state index contributed by atoms with van der Waals surface area (Å²) in [6, 6.07) is 2.41. The van der Waals surface area contributed by atoms with Gasteiger partial charge in [0.15, 0.2) is 0 Å². The molecule has 2 N–H and O–H groups in total. The molecular formula is C12H19NS. The molecule has 1 heterocycles. The highest BCUT2D eigenvalue weighted by atomic mass is 32.1. The molecule has 0 amide bonds. The fourth-order valence-electron chi connectivity index (χ4n) is 2.29. The van der Waals surface area contributed by atoms with Crippen LogP contribution in [0.1, 0.15) is 47.4 Å². The number of rotatable bonds is 2. The van der Waals surface area contributed by atoms with Crippen molar-refractivity contribution in [1.82, 2.24) is 0 Å². The van der Waals surface area contributed by atoms with Crippen LogP contribution in [0.15, 0.2) is 6.07 Å². The molecule has 1 aromatic heterocycles. The summed E-state index contributed by atoms with van der Waals surface area (Å²) in [5, 5.41) is 0. The Morgan fingerprint density at radius 1 is 1.50 bits per heavy atom. The largest absolute Gasteiger partial charge is 0.330 e. The summed E-state index contributed by atoms with van der Waals surface area (Å²) in [4.78, 5) is 3.16. The molecule has 0 saturated heterocycles. The summed E-state index contributed by atoms with van der Waals surface area (Å²) in [6.45, 7) is 3.06. The third-order valence-electron chi connectivity index (χ3n) is 3.17. The van der Waals surface area contributed by atoms with E-state index < -0.39 is 0 Å². The number of thiophene rings is 1. The Kier molecular flexibility index (Phi) is 3.24. The highest BCUT2D eigenvalue weighted by Gasteiger charge is 2.19. The number of aryl methyl sites for hydroxylation is 2. The van der Waals surface area contributed by atoms with E-state index in [1.165, 1.54) is 37.0 Å². The Labute approximate surface area is 90.3 Å². The van der Waals surface area contributed by atoms with Gasteiger partial charge < -0.3 is 5.73 Å². The molecule has 0 bridgehead atoms. The van der Waals surface area contributed by atoms with Gasteiger partial charge in [0.1, 0.15) is 0 Å². The molecular weight excluding hydrogens is 190 g/mol. The van der Waals surface area contributed by atoms with Crippen LogP contribution in [0.5, 0.6) is 0 Å². The van der Waals surface area contributed by atoms with Crippen LogP contribution >= 0.6 is 11.3 Å². The fraction of sp³-hybridized carbons (Fsp3) is 0.667. The number of hydrogen-bond donors (Lipinski definition) is 1. The number of hydrogen-bond acceptors (Lipinski definition) is 2. The predicted octanol–water partition coefficient (Wildman–Crippen LogP) is 3.08. The first-order chi connectivity index (χ1) is 6.85. The van der Waals surface area contributed by atoms with Gasteiger partial charge in [-0.15, -0.1) is 11.3 Å². The van der Waals surface area contributed by atoms with Crippen LogP contribution in [0.25, 0.3) is 0 Å². The molecule has 0 spiro atoms. The highest BCUT2D eigenvalue weighted by molar-refractivity contribution is 7.12. The van der Waals surface area contributed by atoms with E-state index >= 15 is 0 Å². The molecule has 1 atom stereocenters. The third-order valence-corrected chi connectivity index (χ3v) is 4.53. The summed E-state index contributed by atoms with van der Waals surface area (Å²) in [6.07, 6.45) is 6.47. The van der Waals surface area contributed by atoms with Gasteiger partial charge in [-0.3, -0.25) is 0 Å². The van der Waals surface area contributed by atoms with Gasteiger partial charge >= 0.3 is 0 Å². The van der Waals surface area contributed by atoms with Crippen LogP contribution in [0, 0.1) is 0 Å². The quantitative estimate of drug-likeness (QED) is 0.744. The van der Waals surface area contributed by atoms with Crippen molar-refractivity contribution in [2.45, 2.75) is 44.9 Å². The van der Waals surface area contributed by atoms with E-state index in [1.54, 1.807) is 10.4 Å². The summed E-state index contributed by atoms with van der Waals surface area (Å²) in [7, 11) is 0. The van der Waals surface area contributed by atoms with E-state index in [2.05, 4.69) is 13.0 Å². The zero-order valence-corrected chi connectivity index (χ0v) is 9.70. The molecule has 14 heavy (non-hydrogen) atoms. The monoisotopic (exact) mass is 209 g/mol. The molecule has 0 unspecified atom stereocenters. The first-order valence-corrected chi connectivity index (χ1v) is 6.48. The first kappa shape index (κ1) is 10.2. The molecule has 1 aromatic rings. The maximum absolute atomic E-state index is 5.84. The van der Waals surface area contributed by atoms with Crippen LogP contribution in [0.4, 0.5) is 0 Å². The molecule has 1 aliphatic rings. The molecule has 0 radical (unpaired) electrons. The lowest BCUT2D eigenvalue weighted by molar-refractivity contribution is 0.603. The van der Waals surface area contributed by atoms with E-state index in [0.717, 1.165) is 6.54 Å². The van der Waals surface area contributed by atoms with Crippen LogP contribution in [-0.2, 0) is 12.8 Å². The Bertz CT molecular complexity index is 303. The molecule has 1 nitrogen and oxygen atoms in total. The van der Waals surface area contributed by atoms with Crippen LogP contribution in [0.2, 0.25) is 0 Å². The van der Waals surface area contributed by atoms with Gasteiger partial charge in [0.2, 0.25) is 0 Å². The lowest BCUT2D eigenvalue weighted by Crippen LogP contribution is -2.11. The second kappa shape index (κ2) is 4.45. The Morgan fingerprint density at radius 2 is 2.36 bits per heavy atom. The van der Waals surface area contributed by atoms with Gasteiger partial charge in [0.05, 0.1) is 0 Å². The maximum atomic E-state index is 5.84. The third kappa shape index (κ3) is 1.86. The van der Waals surface area contributed by atoms with Crippen molar-refractivity contribution in [3.63, 3.8) is 0 Å². The van der Waals surface area contributed by atoms with E-state index in [0.29, 0.717) is 5.92 Å². The van der Waals surface area contributed by atoms with Crippen molar-refractivity contribution in [2.24, 2.45) is 5.73 Å². The first-order valence-electron chi connectivity index (χ1n) is 5.66. The van der Waals surface area contributed by atoms with E-state index in [4.69, 9.17) is 5.73 Å². The van der Waals surface area contributed by atoms with Crippen molar-refractivity contribution in [2.75, 3.05) is 6.54 Å².